The largest absolute Gasteiger partial charge is 0.323 e. The molecule has 2 unspecified atom stereocenters. The Morgan fingerprint density at radius 2 is 1.85 bits per heavy atom. The van der Waals surface area contributed by atoms with E-state index in [0.29, 0.717) is 31.5 Å². The molecule has 8 heteroatoms. The van der Waals surface area contributed by atoms with Crippen LogP contribution < -0.4 is 10.9 Å². The fourth-order valence-electron chi connectivity index (χ4n) is 3.94. The highest BCUT2D eigenvalue weighted by atomic mass is 32.2. The summed E-state index contributed by atoms with van der Waals surface area (Å²) in [6.45, 7) is 0.690. The number of nitrogens with one attached hydrogen (secondary N) is 1. The van der Waals surface area contributed by atoms with E-state index in [1.54, 1.807) is 30.1 Å². The number of urea groups is 1. The van der Waals surface area contributed by atoms with Crippen molar-refractivity contribution in [2.24, 2.45) is 7.05 Å². The second-order valence-corrected chi connectivity index (χ2v) is 9.59. The highest BCUT2D eigenvalue weighted by Gasteiger charge is 2.44. The molecule has 2 aliphatic rings. The number of likely N-dealkylation sites (tertiary alicyclic amines) is 1. The molecule has 1 aromatic heterocycles. The number of hydrogen-bond acceptors (Lipinski definition) is 4. The Balaban J connectivity index is 1.56. The molecule has 2 aliphatic heterocycles. The summed E-state index contributed by atoms with van der Waals surface area (Å²) in [5.74, 6) is 0. The molecule has 4 rings (SSSR count). The van der Waals surface area contributed by atoms with Gasteiger partial charge in [0.1, 0.15) is 0 Å². The van der Waals surface area contributed by atoms with Gasteiger partial charge in [-0.15, -0.1) is 0 Å². The van der Waals surface area contributed by atoms with Gasteiger partial charge < -0.3 is 14.8 Å². The number of carbonyl (C=O) groups is 1. The van der Waals surface area contributed by atoms with Gasteiger partial charge in [-0.1, -0.05) is 6.07 Å². The predicted octanol–water partition coefficient (Wildman–Crippen LogP) is 1.72. The minimum atomic E-state index is -3.10. The summed E-state index contributed by atoms with van der Waals surface area (Å²) in [6, 6.07) is 8.35. The van der Waals surface area contributed by atoms with Gasteiger partial charge in [-0.25, -0.2) is 13.2 Å². The Morgan fingerprint density at radius 1 is 1.12 bits per heavy atom. The summed E-state index contributed by atoms with van der Waals surface area (Å²) in [4.78, 5) is 26.0. The van der Waals surface area contributed by atoms with Gasteiger partial charge >= 0.3 is 6.03 Å². The second-order valence-electron chi connectivity index (χ2n) is 7.08. The van der Waals surface area contributed by atoms with E-state index in [1.165, 1.54) is 10.6 Å². The van der Waals surface area contributed by atoms with Crippen LogP contribution in [0.3, 0.4) is 0 Å². The molecule has 2 aromatic rings. The smallest absolute Gasteiger partial charge is 0.321 e. The van der Waals surface area contributed by atoms with Crippen molar-refractivity contribution in [2.45, 2.75) is 29.8 Å². The third-order valence-electron chi connectivity index (χ3n) is 5.55. The summed E-state index contributed by atoms with van der Waals surface area (Å²) in [7, 11) is -1.42. The van der Waals surface area contributed by atoms with Gasteiger partial charge in [-0.05, 0) is 42.8 Å². The quantitative estimate of drug-likeness (QED) is 0.822. The van der Waals surface area contributed by atoms with Crippen molar-refractivity contribution in [1.82, 2.24) is 9.47 Å². The van der Waals surface area contributed by atoms with E-state index in [-0.39, 0.29) is 23.4 Å². The van der Waals surface area contributed by atoms with Crippen molar-refractivity contribution in [1.29, 1.82) is 0 Å². The van der Waals surface area contributed by atoms with Crippen LogP contribution in [0.5, 0.6) is 0 Å². The number of amides is 2. The van der Waals surface area contributed by atoms with Crippen LogP contribution in [0.25, 0.3) is 10.9 Å². The van der Waals surface area contributed by atoms with Crippen LogP contribution in [-0.2, 0) is 16.9 Å². The van der Waals surface area contributed by atoms with E-state index < -0.39 is 15.1 Å². The first kappa shape index (κ1) is 17.1. The topological polar surface area (TPSA) is 88.5 Å². The van der Waals surface area contributed by atoms with Crippen LogP contribution in [0.15, 0.2) is 35.1 Å². The van der Waals surface area contributed by atoms with Gasteiger partial charge in [0.25, 0.3) is 5.56 Å². The second kappa shape index (κ2) is 6.12. The number of anilines is 1. The zero-order valence-electron chi connectivity index (χ0n) is 14.5. The van der Waals surface area contributed by atoms with Crippen molar-refractivity contribution >= 4 is 32.5 Å². The highest BCUT2D eigenvalue weighted by Crippen LogP contribution is 2.33. The number of aromatic nitrogens is 1. The van der Waals surface area contributed by atoms with E-state index in [2.05, 4.69) is 5.32 Å². The maximum absolute atomic E-state index is 12.6. The predicted molar refractivity (Wildman–Crippen MR) is 100 cm³/mol. The highest BCUT2D eigenvalue weighted by molar-refractivity contribution is 7.93. The van der Waals surface area contributed by atoms with E-state index >= 15 is 0 Å². The van der Waals surface area contributed by atoms with Crippen LogP contribution in [0.1, 0.15) is 19.3 Å². The molecule has 2 bridgehead atoms. The molecule has 0 radical (unpaired) electrons. The van der Waals surface area contributed by atoms with Crippen molar-refractivity contribution in [2.75, 3.05) is 18.4 Å². The first-order chi connectivity index (χ1) is 12.4. The molecule has 138 valence electrons. The number of rotatable bonds is 1. The minimum Gasteiger partial charge on any atom is -0.323 e. The molecule has 1 N–H and O–H groups in total. The Labute approximate surface area is 151 Å². The van der Waals surface area contributed by atoms with Gasteiger partial charge in [0.05, 0.1) is 16.0 Å². The lowest BCUT2D eigenvalue weighted by Crippen LogP contribution is -2.40. The van der Waals surface area contributed by atoms with Crippen molar-refractivity contribution in [3.63, 3.8) is 0 Å². The van der Waals surface area contributed by atoms with E-state index in [4.69, 9.17) is 0 Å². The lowest BCUT2D eigenvalue weighted by molar-refractivity contribution is 0.209. The summed E-state index contributed by atoms with van der Waals surface area (Å²) in [5, 5.41) is 3.00. The van der Waals surface area contributed by atoms with E-state index in [9.17, 15) is 18.0 Å². The summed E-state index contributed by atoms with van der Waals surface area (Å²) < 4.78 is 26.2. The van der Waals surface area contributed by atoms with Gasteiger partial charge in [-0.2, -0.15) is 0 Å². The molecule has 1 aromatic carbocycles. The minimum absolute atomic E-state index is 0.116. The summed E-state index contributed by atoms with van der Waals surface area (Å²) >= 11 is 0. The van der Waals surface area contributed by atoms with Crippen LogP contribution in [0.2, 0.25) is 0 Å². The lowest BCUT2D eigenvalue weighted by Gasteiger charge is -2.24. The molecule has 2 fully saturated rings. The zero-order chi connectivity index (χ0) is 18.5. The Hall–Kier alpha value is -2.35. The number of hydrogen-bond donors (Lipinski definition) is 1. The van der Waals surface area contributed by atoms with E-state index in [0.717, 1.165) is 10.9 Å². The molecule has 7 nitrogen and oxygen atoms in total. The molecule has 2 amide bonds. The third-order valence-corrected chi connectivity index (χ3v) is 8.27. The van der Waals surface area contributed by atoms with Gasteiger partial charge in [-0.3, -0.25) is 4.79 Å². The number of carbonyl (C=O) groups excluding carboxylic acids is 1. The summed E-state index contributed by atoms with van der Waals surface area (Å²) in [5.41, 5.74) is 1.20. The zero-order valence-corrected chi connectivity index (χ0v) is 15.3. The molecule has 0 aliphatic carbocycles. The number of benzene rings is 1. The van der Waals surface area contributed by atoms with Gasteiger partial charge in [0.2, 0.25) is 0 Å². The molecule has 3 heterocycles. The standard InChI is InChI=1S/C18H21N3O4S/c1-20-16-10-13(4-2-12(16)3-7-17(20)22)19-18(23)21-9-8-14-5-6-15(11-21)26(14,24)25/h2-4,7,10,14-15H,5-6,8-9,11H2,1H3,(H,19,23). The number of nitrogens with zero attached hydrogens (tertiary/aromatic N) is 2. The van der Waals surface area contributed by atoms with Crippen LogP contribution in [0.4, 0.5) is 10.5 Å². The monoisotopic (exact) mass is 375 g/mol. The fraction of sp³-hybridized carbons (Fsp3) is 0.444. The molecule has 0 saturated carbocycles. The third kappa shape index (κ3) is 2.78. The fourth-order valence-corrected chi connectivity index (χ4v) is 6.24. The lowest BCUT2D eigenvalue weighted by atomic mass is 10.1. The van der Waals surface area contributed by atoms with Crippen molar-refractivity contribution in [3.8, 4) is 0 Å². The first-order valence-corrected chi connectivity index (χ1v) is 10.4. The maximum atomic E-state index is 12.6. The molecule has 0 spiro atoms. The van der Waals surface area contributed by atoms with Crippen LogP contribution in [0, 0.1) is 0 Å². The Kier molecular flexibility index (Phi) is 4.02. The average molecular weight is 375 g/mol. The van der Waals surface area contributed by atoms with Crippen molar-refractivity contribution in [3.05, 3.63) is 40.7 Å². The first-order valence-electron chi connectivity index (χ1n) is 8.75. The van der Waals surface area contributed by atoms with E-state index in [1.807, 2.05) is 6.07 Å². The summed E-state index contributed by atoms with van der Waals surface area (Å²) in [6.07, 6.45) is 1.84. The molecule has 2 atom stereocenters. The SMILES string of the molecule is Cn1c(=O)ccc2ccc(NC(=O)N3CCC4CCC(C3)S4(=O)=O)cc21. The Morgan fingerprint density at radius 3 is 2.65 bits per heavy atom. The number of sulfone groups is 1. The molecular formula is C18H21N3O4S. The molecule has 26 heavy (non-hydrogen) atoms. The van der Waals surface area contributed by atoms with Gasteiger partial charge in [0, 0.05) is 31.9 Å². The number of fused-ring (bicyclic) bond motifs is 3. The molecular weight excluding hydrogens is 354 g/mol. The van der Waals surface area contributed by atoms with Crippen LogP contribution in [-0.4, -0.2) is 47.5 Å². The Bertz CT molecular complexity index is 1040. The van der Waals surface area contributed by atoms with Gasteiger partial charge in [0.15, 0.2) is 9.84 Å². The number of aryl methyl sites for hydroxylation is 1. The number of pyridine rings is 1. The van der Waals surface area contributed by atoms with Crippen LogP contribution >= 0.6 is 0 Å². The normalized spacial score (nSPS) is 24.4. The van der Waals surface area contributed by atoms with Crippen molar-refractivity contribution < 1.29 is 13.2 Å². The maximum Gasteiger partial charge on any atom is 0.321 e. The molecule has 2 saturated heterocycles. The average Bonchev–Trinajstić information content (AvgIpc) is 2.78.